The van der Waals surface area contributed by atoms with E-state index in [4.69, 9.17) is 14.2 Å². The first-order valence-electron chi connectivity index (χ1n) is 9.32. The summed E-state index contributed by atoms with van der Waals surface area (Å²) < 4.78 is 16.6. The zero-order chi connectivity index (χ0) is 21.5. The van der Waals surface area contributed by atoms with Gasteiger partial charge in [-0.3, -0.25) is 4.79 Å². The summed E-state index contributed by atoms with van der Waals surface area (Å²) in [4.78, 5) is 36.1. The quantitative estimate of drug-likeness (QED) is 0.543. The van der Waals surface area contributed by atoms with E-state index in [1.807, 2.05) is 30.3 Å². The highest BCUT2D eigenvalue weighted by molar-refractivity contribution is 7.23. The van der Waals surface area contributed by atoms with Crippen molar-refractivity contribution in [1.82, 2.24) is 0 Å². The van der Waals surface area contributed by atoms with Gasteiger partial charge in [-0.2, -0.15) is 0 Å². The smallest absolute Gasteiger partial charge is 0.344 e. The number of hydrogen-bond acceptors (Lipinski definition) is 7. The summed E-state index contributed by atoms with van der Waals surface area (Å²) in [7, 11) is 0. The van der Waals surface area contributed by atoms with Gasteiger partial charge in [0.25, 0.3) is 0 Å². The maximum atomic E-state index is 12.4. The van der Waals surface area contributed by atoms with Crippen LogP contribution in [-0.4, -0.2) is 31.1 Å². The molecule has 0 saturated heterocycles. The van der Waals surface area contributed by atoms with Gasteiger partial charge < -0.3 is 19.5 Å². The largest absolute Gasteiger partial charge is 0.480 e. The fraction of sp³-hybridized carbons (Fsp3) is 0.227. The summed E-state index contributed by atoms with van der Waals surface area (Å²) in [5.41, 5.74) is 1.15. The van der Waals surface area contributed by atoms with E-state index >= 15 is 0 Å². The van der Waals surface area contributed by atoms with Crippen LogP contribution in [0.5, 0.6) is 5.75 Å². The third-order valence-corrected chi connectivity index (χ3v) is 5.17. The molecule has 0 atom stereocenters. The highest BCUT2D eigenvalue weighted by Gasteiger charge is 2.23. The molecule has 1 aromatic heterocycles. The Morgan fingerprint density at radius 2 is 1.77 bits per heavy atom. The Balaban J connectivity index is 1.78. The monoisotopic (exact) mass is 427 g/mol. The van der Waals surface area contributed by atoms with E-state index in [0.717, 1.165) is 5.56 Å². The number of ether oxygens (including phenoxy) is 3. The molecule has 8 heteroatoms. The number of esters is 2. The first kappa shape index (κ1) is 21.3. The molecule has 1 heterocycles. The van der Waals surface area contributed by atoms with Crippen molar-refractivity contribution in [3.05, 3.63) is 59.7 Å². The second-order valence-electron chi connectivity index (χ2n) is 6.28. The minimum Gasteiger partial charge on any atom is -0.480 e. The molecule has 1 N–H and O–H groups in total. The summed E-state index contributed by atoms with van der Waals surface area (Å²) in [5.74, 6) is -0.942. The molecule has 0 unspecified atom stereocenters. The maximum absolute atomic E-state index is 12.4. The zero-order valence-corrected chi connectivity index (χ0v) is 17.4. The minimum absolute atomic E-state index is 0.159. The number of amides is 1. The van der Waals surface area contributed by atoms with E-state index in [0.29, 0.717) is 20.8 Å². The van der Waals surface area contributed by atoms with Gasteiger partial charge in [0.2, 0.25) is 5.91 Å². The average molecular weight is 427 g/mol. The molecule has 0 aliphatic rings. The molecule has 7 nitrogen and oxygen atoms in total. The number of benzene rings is 2. The van der Waals surface area contributed by atoms with E-state index in [1.54, 1.807) is 25.1 Å². The normalized spacial score (nSPS) is 10.5. The SMILES string of the molecule is CCOC(=O)c1c(NC(C)=O)sc2c(OCC(=O)OCc3ccccc3)cccc12. The molecule has 1 amide bonds. The third-order valence-electron chi connectivity index (χ3n) is 4.04. The van der Waals surface area contributed by atoms with Crippen LogP contribution in [0.15, 0.2) is 48.5 Å². The standard InChI is InChI=1S/C22H21NO6S/c1-3-27-22(26)19-16-10-7-11-17(20(16)30-21(19)23-14(2)24)28-13-18(25)29-12-15-8-5-4-6-9-15/h4-11H,3,12-13H2,1-2H3,(H,23,24). The van der Waals surface area contributed by atoms with Gasteiger partial charge in [0, 0.05) is 12.3 Å². The lowest BCUT2D eigenvalue weighted by Gasteiger charge is -2.08. The molecule has 0 aliphatic carbocycles. The van der Waals surface area contributed by atoms with Gasteiger partial charge in [-0.1, -0.05) is 42.5 Å². The van der Waals surface area contributed by atoms with E-state index in [1.165, 1.54) is 18.3 Å². The van der Waals surface area contributed by atoms with Crippen LogP contribution in [0.4, 0.5) is 5.00 Å². The lowest BCUT2D eigenvalue weighted by Crippen LogP contribution is -2.14. The Kier molecular flexibility index (Phi) is 7.03. The fourth-order valence-electron chi connectivity index (χ4n) is 2.78. The second-order valence-corrected chi connectivity index (χ2v) is 7.30. The number of carbonyl (C=O) groups is 3. The average Bonchev–Trinajstić information content (AvgIpc) is 3.09. The first-order valence-corrected chi connectivity index (χ1v) is 10.1. The topological polar surface area (TPSA) is 90.9 Å². The van der Waals surface area contributed by atoms with Crippen LogP contribution < -0.4 is 10.1 Å². The maximum Gasteiger partial charge on any atom is 0.344 e. The van der Waals surface area contributed by atoms with Crippen LogP contribution in [0.1, 0.15) is 29.8 Å². The Bertz CT molecular complexity index is 1060. The molecular formula is C22H21NO6S. The van der Waals surface area contributed by atoms with Gasteiger partial charge in [0.05, 0.1) is 11.3 Å². The highest BCUT2D eigenvalue weighted by Crippen LogP contribution is 2.41. The summed E-state index contributed by atoms with van der Waals surface area (Å²) in [6.07, 6.45) is 0. The van der Waals surface area contributed by atoms with Crippen molar-refractivity contribution >= 4 is 44.3 Å². The molecule has 30 heavy (non-hydrogen) atoms. The number of hydrogen-bond donors (Lipinski definition) is 1. The van der Waals surface area contributed by atoms with E-state index in [2.05, 4.69) is 5.32 Å². The Morgan fingerprint density at radius 1 is 1.00 bits per heavy atom. The predicted molar refractivity (Wildman–Crippen MR) is 114 cm³/mol. The predicted octanol–water partition coefficient (Wildman–Crippen LogP) is 4.16. The first-order chi connectivity index (χ1) is 14.5. The summed E-state index contributed by atoms with van der Waals surface area (Å²) in [5, 5.41) is 3.62. The van der Waals surface area contributed by atoms with Crippen LogP contribution in [0.25, 0.3) is 10.1 Å². The van der Waals surface area contributed by atoms with Crippen molar-refractivity contribution in [3.63, 3.8) is 0 Å². The molecule has 0 bridgehead atoms. The van der Waals surface area contributed by atoms with Crippen molar-refractivity contribution in [1.29, 1.82) is 0 Å². The van der Waals surface area contributed by atoms with E-state index in [9.17, 15) is 14.4 Å². The van der Waals surface area contributed by atoms with Crippen molar-refractivity contribution in [2.75, 3.05) is 18.5 Å². The number of anilines is 1. The van der Waals surface area contributed by atoms with Crippen molar-refractivity contribution in [3.8, 4) is 5.75 Å². The van der Waals surface area contributed by atoms with Crippen molar-refractivity contribution in [2.24, 2.45) is 0 Å². The number of nitrogens with one attached hydrogen (secondary N) is 1. The molecule has 0 radical (unpaired) electrons. The van der Waals surface area contributed by atoms with Gasteiger partial charge in [-0.25, -0.2) is 9.59 Å². The van der Waals surface area contributed by atoms with Crippen LogP contribution in [-0.2, 0) is 25.7 Å². The number of carbonyl (C=O) groups excluding carboxylic acids is 3. The number of fused-ring (bicyclic) bond motifs is 1. The van der Waals surface area contributed by atoms with Crippen LogP contribution in [0.2, 0.25) is 0 Å². The molecular weight excluding hydrogens is 406 g/mol. The van der Waals surface area contributed by atoms with Crippen LogP contribution in [0, 0.1) is 0 Å². The Labute approximate surface area is 177 Å². The van der Waals surface area contributed by atoms with Crippen LogP contribution in [0.3, 0.4) is 0 Å². The molecule has 0 fully saturated rings. The van der Waals surface area contributed by atoms with Crippen molar-refractivity contribution < 1.29 is 28.6 Å². The molecule has 156 valence electrons. The van der Waals surface area contributed by atoms with Gasteiger partial charge in [0.1, 0.15) is 22.9 Å². The number of thiophene rings is 1. The summed E-state index contributed by atoms with van der Waals surface area (Å²) >= 11 is 1.19. The zero-order valence-electron chi connectivity index (χ0n) is 16.6. The Morgan fingerprint density at radius 3 is 2.47 bits per heavy atom. The van der Waals surface area contributed by atoms with E-state index in [-0.39, 0.29) is 31.3 Å². The van der Waals surface area contributed by atoms with Gasteiger partial charge in [-0.05, 0) is 18.6 Å². The highest BCUT2D eigenvalue weighted by atomic mass is 32.1. The molecule has 3 aromatic rings. The summed E-state index contributed by atoms with van der Waals surface area (Å²) in [6.45, 7) is 3.15. The molecule has 2 aromatic carbocycles. The van der Waals surface area contributed by atoms with Crippen LogP contribution >= 0.6 is 11.3 Å². The number of rotatable bonds is 8. The third kappa shape index (κ3) is 5.15. The fourth-order valence-corrected chi connectivity index (χ4v) is 3.98. The van der Waals surface area contributed by atoms with Crippen molar-refractivity contribution in [2.45, 2.75) is 20.5 Å². The lowest BCUT2D eigenvalue weighted by atomic mass is 10.1. The molecule has 0 aliphatic heterocycles. The van der Waals surface area contributed by atoms with E-state index < -0.39 is 11.9 Å². The van der Waals surface area contributed by atoms with Gasteiger partial charge in [-0.15, -0.1) is 11.3 Å². The second kappa shape index (κ2) is 9.89. The minimum atomic E-state index is -0.535. The summed E-state index contributed by atoms with van der Waals surface area (Å²) in [6, 6.07) is 14.5. The van der Waals surface area contributed by atoms with Gasteiger partial charge in [0.15, 0.2) is 6.61 Å². The van der Waals surface area contributed by atoms with Gasteiger partial charge >= 0.3 is 11.9 Å². The molecule has 0 saturated carbocycles. The lowest BCUT2D eigenvalue weighted by molar-refractivity contribution is -0.147. The molecule has 3 rings (SSSR count). The molecule has 0 spiro atoms. The Hall–Kier alpha value is -3.39.